The lowest BCUT2D eigenvalue weighted by Crippen LogP contribution is -2.00. The van der Waals surface area contributed by atoms with Crippen LogP contribution < -0.4 is 0 Å². The van der Waals surface area contributed by atoms with Gasteiger partial charge >= 0.3 is 0 Å². The number of hydrogen-bond donors (Lipinski definition) is 0. The van der Waals surface area contributed by atoms with E-state index in [1.54, 1.807) is 0 Å². The van der Waals surface area contributed by atoms with Crippen LogP contribution in [-0.4, -0.2) is 15.0 Å². The molecule has 0 radical (unpaired) electrons. The van der Waals surface area contributed by atoms with Crippen molar-refractivity contribution in [3.05, 3.63) is 260 Å². The minimum absolute atomic E-state index is 0.00436. The number of thiophene rings is 1. The second kappa shape index (κ2) is 17.8. The normalized spacial score (nSPS) is 14.8. The van der Waals surface area contributed by atoms with Crippen LogP contribution in [0.5, 0.6) is 0 Å². The van der Waals surface area contributed by atoms with Gasteiger partial charge in [0.25, 0.3) is 0 Å². The van der Waals surface area contributed by atoms with Gasteiger partial charge < -0.3 is 0 Å². The zero-order valence-electron chi connectivity index (χ0n) is 55.3. The molecule has 2 heterocycles. The van der Waals surface area contributed by atoms with Gasteiger partial charge in [0.05, 0.1) is 23.3 Å². The summed E-state index contributed by atoms with van der Waals surface area (Å²) in [6.07, 6.45) is 0. The van der Waals surface area contributed by atoms with Crippen LogP contribution in [-0.2, 0) is 0 Å². The fourth-order valence-electron chi connectivity index (χ4n) is 9.45. The van der Waals surface area contributed by atoms with E-state index in [4.69, 9.17) is 24.5 Å². The van der Waals surface area contributed by atoms with Crippen LogP contribution in [0.15, 0.2) is 260 Å². The van der Waals surface area contributed by atoms with Gasteiger partial charge in [-0.05, 0) is 130 Å². The SMILES string of the molecule is [2H]c1c([2H])c(-c2c([2H])c([2H])c3c4c([2H])c([2H])c([2H])c([2H])c4c4c([2H])c([2H])c([2H])c([2H])c4c3c2[2H])c2c(sc3c([2H])c(-c4nc(-c5ccc(-c6cccc(-c7ccccc7)c6)cc5)nc(-c5cc(-c6ccccc6)cc(-c6ccccc6)c5)n4)c([2H])c([2H])c32)c1[2H]. The molecule has 73 heavy (non-hydrogen) atoms. The fraction of sp³-hybridized carbons (Fsp3) is 0. The van der Waals surface area contributed by atoms with E-state index >= 15 is 0 Å². The number of rotatable bonds is 8. The van der Waals surface area contributed by atoms with E-state index in [1.807, 2.05) is 140 Å². The standard InChI is InChI=1S/C69H43N3S/c1-4-16-44(17-5-1)49-22-14-23-50(38-49)47-30-32-48(33-31-47)67-70-68(72-69(71-67)55-40-53(45-18-6-2-7-19-45)39-54(41-55)46-20-8-3-9-21-46)52-35-37-62-65(43-52)73-64-29-15-28-56(66(62)64)51-34-36-61-59-26-11-10-24-57(59)58-25-12-13-27-60(58)63(61)42-51/h1-43H/i10D,11D,12D,13D,15D,24D,25D,26D,27D,28D,29D,34D,35D,36D,37D,42D,43D. The number of nitrogens with zero attached hydrogens (tertiary/aromatic N) is 3. The number of hydrogen-bond acceptors (Lipinski definition) is 4. The van der Waals surface area contributed by atoms with E-state index in [2.05, 4.69) is 18.2 Å². The molecule has 0 unspecified atom stereocenters. The predicted molar refractivity (Wildman–Crippen MR) is 309 cm³/mol. The van der Waals surface area contributed by atoms with E-state index in [0.29, 0.717) is 11.1 Å². The maximum Gasteiger partial charge on any atom is 0.164 e. The molecule has 0 saturated heterocycles. The Balaban J connectivity index is 1.03. The van der Waals surface area contributed by atoms with Gasteiger partial charge in [0, 0.05) is 36.9 Å². The first-order valence-corrected chi connectivity index (χ1v) is 24.2. The van der Waals surface area contributed by atoms with Crippen molar-refractivity contribution in [1.29, 1.82) is 0 Å². The van der Waals surface area contributed by atoms with Crippen LogP contribution in [0.1, 0.15) is 23.3 Å². The molecule has 14 aromatic rings. The van der Waals surface area contributed by atoms with Crippen molar-refractivity contribution in [2.24, 2.45) is 0 Å². The highest BCUT2D eigenvalue weighted by Crippen LogP contribution is 2.44. The van der Waals surface area contributed by atoms with Gasteiger partial charge in [-0.15, -0.1) is 11.3 Å². The summed E-state index contributed by atoms with van der Waals surface area (Å²) in [7, 11) is 0. The monoisotopic (exact) mass is 962 g/mol. The molecule has 0 amide bonds. The summed E-state index contributed by atoms with van der Waals surface area (Å²) >= 11 is 0.809. The third kappa shape index (κ3) is 7.73. The summed E-state index contributed by atoms with van der Waals surface area (Å²) < 4.78 is 158. The average Bonchev–Trinajstić information content (AvgIpc) is 0.925. The molecule has 0 atom stereocenters. The third-order valence-electron chi connectivity index (χ3n) is 13.0. The largest absolute Gasteiger partial charge is 0.208 e. The number of fused-ring (bicyclic) bond motifs is 9. The van der Waals surface area contributed by atoms with Crippen LogP contribution >= 0.6 is 11.3 Å². The summed E-state index contributed by atoms with van der Waals surface area (Å²) in [5.41, 5.74) is 7.50. The van der Waals surface area contributed by atoms with Crippen molar-refractivity contribution >= 4 is 63.8 Å². The second-order valence-corrected chi connectivity index (χ2v) is 18.4. The Bertz CT molecular complexity index is 5330. The van der Waals surface area contributed by atoms with Crippen molar-refractivity contribution in [2.75, 3.05) is 0 Å². The molecule has 0 saturated carbocycles. The fourth-order valence-corrected chi connectivity index (χ4v) is 10.5. The van der Waals surface area contributed by atoms with Crippen LogP contribution in [0.4, 0.5) is 0 Å². The summed E-state index contributed by atoms with van der Waals surface area (Å²) in [5, 5.41) is -2.63. The lowest BCUT2D eigenvalue weighted by atomic mass is 9.91. The molecule has 0 N–H and O–H groups in total. The number of benzene rings is 12. The molecule has 4 heteroatoms. The summed E-state index contributed by atoms with van der Waals surface area (Å²) in [5.74, 6) is 0.207. The quantitative estimate of drug-likeness (QED) is 0.142. The van der Waals surface area contributed by atoms with Gasteiger partial charge in [-0.2, -0.15) is 0 Å². The van der Waals surface area contributed by atoms with Crippen molar-refractivity contribution in [3.63, 3.8) is 0 Å². The molecule has 2 aromatic heterocycles. The van der Waals surface area contributed by atoms with E-state index < -0.39 is 124 Å². The minimum Gasteiger partial charge on any atom is -0.208 e. The van der Waals surface area contributed by atoms with Crippen LogP contribution in [0.25, 0.3) is 142 Å². The molecular weight excluding hydrogens is 903 g/mol. The predicted octanol–water partition coefficient (Wildman–Crippen LogP) is 19.0. The Morgan fingerprint density at radius 1 is 0.274 bits per heavy atom. The van der Waals surface area contributed by atoms with E-state index in [1.165, 1.54) is 0 Å². The first kappa shape index (κ1) is 28.5. The van der Waals surface area contributed by atoms with Crippen molar-refractivity contribution in [3.8, 4) is 89.8 Å². The zero-order valence-corrected chi connectivity index (χ0v) is 39.1. The van der Waals surface area contributed by atoms with Gasteiger partial charge in [-0.3, -0.25) is 0 Å². The topological polar surface area (TPSA) is 38.7 Å². The van der Waals surface area contributed by atoms with Gasteiger partial charge in [-0.25, -0.2) is 15.0 Å². The first-order valence-electron chi connectivity index (χ1n) is 31.9. The molecule has 340 valence electrons. The lowest BCUT2D eigenvalue weighted by Gasteiger charge is -2.13. The Morgan fingerprint density at radius 3 is 1.32 bits per heavy atom. The molecule has 0 aliphatic heterocycles. The Morgan fingerprint density at radius 2 is 0.712 bits per heavy atom. The molecule has 0 fully saturated rings. The molecule has 0 bridgehead atoms. The average molecular weight is 963 g/mol. The molecule has 0 aliphatic carbocycles. The van der Waals surface area contributed by atoms with Crippen molar-refractivity contribution in [2.45, 2.75) is 0 Å². The molecule has 0 aliphatic rings. The molecule has 3 nitrogen and oxygen atoms in total. The summed E-state index contributed by atoms with van der Waals surface area (Å²) in [6, 6.07) is 40.1. The van der Waals surface area contributed by atoms with Crippen molar-refractivity contribution < 1.29 is 23.3 Å². The van der Waals surface area contributed by atoms with Gasteiger partial charge in [-0.1, -0.05) is 218 Å². The van der Waals surface area contributed by atoms with E-state index in [-0.39, 0.29) is 65.4 Å². The zero-order chi connectivity index (χ0) is 63.0. The van der Waals surface area contributed by atoms with Gasteiger partial charge in [0.1, 0.15) is 0 Å². The van der Waals surface area contributed by atoms with Crippen LogP contribution in [0.3, 0.4) is 0 Å². The van der Waals surface area contributed by atoms with Gasteiger partial charge in [0.15, 0.2) is 17.5 Å². The molecule has 12 aromatic carbocycles. The maximum atomic E-state index is 10.1. The van der Waals surface area contributed by atoms with E-state index in [9.17, 15) is 13.7 Å². The highest BCUT2D eigenvalue weighted by Gasteiger charge is 2.19. The lowest BCUT2D eigenvalue weighted by molar-refractivity contribution is 1.07. The summed E-state index contributed by atoms with van der Waals surface area (Å²) in [6.45, 7) is 0. The number of aromatic nitrogens is 3. The Kier molecular flexibility index (Phi) is 6.95. The first-order chi connectivity index (χ1) is 43.2. The highest BCUT2D eigenvalue weighted by atomic mass is 32.1. The molecule has 14 rings (SSSR count). The van der Waals surface area contributed by atoms with E-state index in [0.717, 1.165) is 55.8 Å². The highest BCUT2D eigenvalue weighted by molar-refractivity contribution is 7.26. The minimum atomic E-state index is -0.779. The molecule has 0 spiro atoms. The van der Waals surface area contributed by atoms with Gasteiger partial charge in [0.2, 0.25) is 0 Å². The Labute approximate surface area is 450 Å². The Hall–Kier alpha value is -9.35. The van der Waals surface area contributed by atoms with Crippen molar-refractivity contribution in [1.82, 2.24) is 15.0 Å². The van der Waals surface area contributed by atoms with Crippen LogP contribution in [0, 0.1) is 0 Å². The van der Waals surface area contributed by atoms with Crippen LogP contribution in [0.2, 0.25) is 0 Å². The molecular formula is C69H43N3S. The maximum absolute atomic E-state index is 10.1. The third-order valence-corrected chi connectivity index (χ3v) is 14.0. The second-order valence-electron chi connectivity index (χ2n) is 17.4. The smallest absolute Gasteiger partial charge is 0.164 e. The summed E-state index contributed by atoms with van der Waals surface area (Å²) in [4.78, 5) is 15.2.